The molecule has 0 fully saturated rings. The fourth-order valence-corrected chi connectivity index (χ4v) is 3.43. The normalized spacial score (nSPS) is 11.4. The molecule has 5 nitrogen and oxygen atoms in total. The first kappa shape index (κ1) is 20.3. The van der Waals surface area contributed by atoms with E-state index in [1.54, 1.807) is 7.11 Å². The third-order valence-electron chi connectivity index (χ3n) is 4.86. The molecular formula is C22H28N4OS. The summed E-state index contributed by atoms with van der Waals surface area (Å²) >= 11 is 5.62. The van der Waals surface area contributed by atoms with Crippen LogP contribution in [0.5, 0.6) is 5.75 Å². The number of ether oxygens (including phenoxy) is 1. The van der Waals surface area contributed by atoms with Crippen LogP contribution in [0.4, 0.5) is 0 Å². The van der Waals surface area contributed by atoms with Gasteiger partial charge >= 0.3 is 0 Å². The minimum Gasteiger partial charge on any atom is -0.496 e. The lowest BCUT2D eigenvalue weighted by Crippen LogP contribution is -2.22. The van der Waals surface area contributed by atoms with E-state index in [4.69, 9.17) is 22.1 Å². The van der Waals surface area contributed by atoms with Crippen molar-refractivity contribution in [3.63, 3.8) is 0 Å². The van der Waals surface area contributed by atoms with Crippen molar-refractivity contribution in [1.29, 1.82) is 0 Å². The zero-order valence-electron chi connectivity index (χ0n) is 17.2. The third-order valence-corrected chi connectivity index (χ3v) is 5.35. The quantitative estimate of drug-likeness (QED) is 0.535. The van der Waals surface area contributed by atoms with Gasteiger partial charge in [0, 0.05) is 13.6 Å². The molecule has 28 heavy (non-hydrogen) atoms. The zero-order chi connectivity index (χ0) is 20.3. The minimum atomic E-state index is 0.548. The monoisotopic (exact) mass is 396 g/mol. The summed E-state index contributed by atoms with van der Waals surface area (Å²) in [4.78, 5) is 2.21. The van der Waals surface area contributed by atoms with Gasteiger partial charge in [-0.2, -0.15) is 5.10 Å². The average Bonchev–Trinajstić information content (AvgIpc) is 2.96. The number of rotatable bonds is 7. The van der Waals surface area contributed by atoms with Gasteiger partial charge in [-0.3, -0.25) is 4.90 Å². The van der Waals surface area contributed by atoms with E-state index in [2.05, 4.69) is 50.1 Å². The van der Waals surface area contributed by atoms with Crippen LogP contribution < -0.4 is 4.74 Å². The molecule has 0 aliphatic rings. The topological polar surface area (TPSA) is 35.2 Å². The first-order valence-corrected chi connectivity index (χ1v) is 9.86. The van der Waals surface area contributed by atoms with Crippen molar-refractivity contribution in [3.8, 4) is 17.1 Å². The second-order valence-corrected chi connectivity index (χ2v) is 7.78. The maximum atomic E-state index is 5.62. The number of nitrogens with zero attached hydrogens (tertiary/aromatic N) is 4. The summed E-state index contributed by atoms with van der Waals surface area (Å²) in [6.07, 6.45) is 0. The van der Waals surface area contributed by atoms with E-state index in [0.717, 1.165) is 23.7 Å². The molecule has 2 aromatic carbocycles. The SMILES string of the molecule is COc1ccccc1-c1nn(CN(C)Cc2ccc(C(C)C)cc2)c(=S)n1C. The van der Waals surface area contributed by atoms with Crippen molar-refractivity contribution >= 4 is 12.2 Å². The lowest BCUT2D eigenvalue weighted by Gasteiger charge is -2.17. The molecule has 0 unspecified atom stereocenters. The number of hydrogen-bond acceptors (Lipinski definition) is 4. The molecule has 0 saturated carbocycles. The van der Waals surface area contributed by atoms with E-state index in [0.29, 0.717) is 17.4 Å². The molecule has 0 bridgehead atoms. The van der Waals surface area contributed by atoms with Crippen LogP contribution in [0.1, 0.15) is 30.9 Å². The molecule has 0 spiro atoms. The van der Waals surface area contributed by atoms with Gasteiger partial charge in [0.15, 0.2) is 10.6 Å². The van der Waals surface area contributed by atoms with Crippen molar-refractivity contribution in [2.24, 2.45) is 7.05 Å². The predicted molar refractivity (Wildman–Crippen MR) is 116 cm³/mol. The Bertz CT molecular complexity index is 989. The van der Waals surface area contributed by atoms with Crippen molar-refractivity contribution < 1.29 is 4.74 Å². The number of benzene rings is 2. The number of hydrogen-bond donors (Lipinski definition) is 0. The van der Waals surface area contributed by atoms with Gasteiger partial charge in [0.25, 0.3) is 0 Å². The highest BCUT2D eigenvalue weighted by Gasteiger charge is 2.15. The summed E-state index contributed by atoms with van der Waals surface area (Å²) in [7, 11) is 5.69. The smallest absolute Gasteiger partial charge is 0.199 e. The first-order valence-electron chi connectivity index (χ1n) is 9.45. The van der Waals surface area contributed by atoms with Crippen LogP contribution in [-0.4, -0.2) is 33.4 Å². The van der Waals surface area contributed by atoms with Gasteiger partial charge in [-0.05, 0) is 48.4 Å². The lowest BCUT2D eigenvalue weighted by molar-refractivity contribution is 0.244. The molecule has 0 aliphatic heterocycles. The molecule has 0 amide bonds. The van der Waals surface area contributed by atoms with Crippen LogP contribution in [0.15, 0.2) is 48.5 Å². The van der Waals surface area contributed by atoms with Gasteiger partial charge in [-0.15, -0.1) is 0 Å². The molecule has 0 saturated heterocycles. The van der Waals surface area contributed by atoms with E-state index in [1.807, 2.05) is 40.6 Å². The molecule has 148 valence electrons. The van der Waals surface area contributed by atoms with Crippen LogP contribution in [0, 0.1) is 4.77 Å². The Labute approximate surface area is 172 Å². The minimum absolute atomic E-state index is 0.548. The van der Waals surface area contributed by atoms with Gasteiger partial charge < -0.3 is 9.30 Å². The van der Waals surface area contributed by atoms with E-state index < -0.39 is 0 Å². The average molecular weight is 397 g/mol. The predicted octanol–water partition coefficient (Wildman–Crippen LogP) is 4.84. The summed E-state index contributed by atoms with van der Waals surface area (Å²) in [6, 6.07) is 16.7. The van der Waals surface area contributed by atoms with Crippen molar-refractivity contribution in [2.45, 2.75) is 33.0 Å². The van der Waals surface area contributed by atoms with E-state index in [-0.39, 0.29) is 0 Å². The Hall–Kier alpha value is -2.44. The first-order chi connectivity index (χ1) is 13.4. The summed E-state index contributed by atoms with van der Waals surface area (Å²) < 4.78 is 9.96. The Morgan fingerprint density at radius 1 is 1.11 bits per heavy atom. The van der Waals surface area contributed by atoms with Crippen LogP contribution in [-0.2, 0) is 20.3 Å². The maximum absolute atomic E-state index is 5.62. The molecule has 3 rings (SSSR count). The zero-order valence-corrected chi connectivity index (χ0v) is 18.0. The number of aromatic nitrogens is 3. The number of methoxy groups -OCH3 is 1. The van der Waals surface area contributed by atoms with Crippen molar-refractivity contribution in [2.75, 3.05) is 14.2 Å². The molecule has 0 radical (unpaired) electrons. The van der Waals surface area contributed by atoms with Gasteiger partial charge in [0.1, 0.15) is 5.75 Å². The summed E-state index contributed by atoms with van der Waals surface area (Å²) in [6.45, 7) is 5.88. The van der Waals surface area contributed by atoms with E-state index >= 15 is 0 Å². The second-order valence-electron chi connectivity index (χ2n) is 7.42. The molecule has 0 aliphatic carbocycles. The number of para-hydroxylation sites is 1. The van der Waals surface area contributed by atoms with Crippen LogP contribution in [0.2, 0.25) is 0 Å². The standard InChI is InChI=1S/C22H28N4OS/c1-16(2)18-12-10-17(11-13-18)14-24(3)15-26-22(28)25(4)21(23-26)19-8-6-7-9-20(19)27-5/h6-13,16H,14-15H2,1-5H3. The molecule has 6 heteroatoms. The van der Waals surface area contributed by atoms with Gasteiger partial charge in [-0.1, -0.05) is 50.2 Å². The molecule has 1 aromatic heterocycles. The van der Waals surface area contributed by atoms with Crippen LogP contribution in [0.25, 0.3) is 11.4 Å². The largest absolute Gasteiger partial charge is 0.496 e. The molecule has 3 aromatic rings. The third kappa shape index (κ3) is 4.34. The maximum Gasteiger partial charge on any atom is 0.199 e. The van der Waals surface area contributed by atoms with Crippen molar-refractivity contribution in [1.82, 2.24) is 19.2 Å². The summed E-state index contributed by atoms with van der Waals surface area (Å²) in [5, 5.41) is 4.76. The highest BCUT2D eigenvalue weighted by Crippen LogP contribution is 2.28. The lowest BCUT2D eigenvalue weighted by atomic mass is 10.0. The van der Waals surface area contributed by atoms with Gasteiger partial charge in [0.2, 0.25) is 0 Å². The fraction of sp³-hybridized carbons (Fsp3) is 0.364. The van der Waals surface area contributed by atoms with Crippen LogP contribution >= 0.6 is 12.2 Å². The van der Waals surface area contributed by atoms with E-state index in [1.165, 1.54) is 11.1 Å². The van der Waals surface area contributed by atoms with Gasteiger partial charge in [-0.25, -0.2) is 4.68 Å². The highest BCUT2D eigenvalue weighted by molar-refractivity contribution is 7.71. The molecule has 0 N–H and O–H groups in total. The molecular weight excluding hydrogens is 368 g/mol. The molecule has 1 heterocycles. The second kappa shape index (κ2) is 8.71. The Morgan fingerprint density at radius 3 is 2.43 bits per heavy atom. The molecule has 0 atom stereocenters. The summed E-state index contributed by atoms with van der Waals surface area (Å²) in [5.41, 5.74) is 3.57. The van der Waals surface area contributed by atoms with Crippen molar-refractivity contribution in [3.05, 3.63) is 64.4 Å². The van der Waals surface area contributed by atoms with E-state index in [9.17, 15) is 0 Å². The Morgan fingerprint density at radius 2 is 1.79 bits per heavy atom. The Balaban J connectivity index is 1.78. The summed E-state index contributed by atoms with van der Waals surface area (Å²) in [5.74, 6) is 2.14. The Kier molecular flexibility index (Phi) is 6.31. The highest BCUT2D eigenvalue weighted by atomic mass is 32.1. The fourth-order valence-electron chi connectivity index (χ4n) is 3.24. The van der Waals surface area contributed by atoms with Gasteiger partial charge in [0.05, 0.1) is 19.3 Å². The van der Waals surface area contributed by atoms with Crippen LogP contribution in [0.3, 0.4) is 0 Å².